The molecule has 0 fully saturated rings. The van der Waals surface area contributed by atoms with Crippen LogP contribution in [0.3, 0.4) is 0 Å². The Hall–Kier alpha value is -2.04. The Balaban J connectivity index is 2.69. The van der Waals surface area contributed by atoms with Gasteiger partial charge in [-0.2, -0.15) is 0 Å². The van der Waals surface area contributed by atoms with E-state index in [0.717, 1.165) is 5.56 Å². The van der Waals surface area contributed by atoms with E-state index in [0.29, 0.717) is 11.3 Å². The molecule has 0 bridgehead atoms. The molecule has 5 heteroatoms. The van der Waals surface area contributed by atoms with Crippen molar-refractivity contribution < 1.29 is 19.1 Å². The smallest absolute Gasteiger partial charge is 0.344 e. The molecule has 0 radical (unpaired) electrons. The third-order valence-electron chi connectivity index (χ3n) is 1.88. The van der Waals surface area contributed by atoms with Gasteiger partial charge < -0.3 is 15.2 Å². The maximum atomic E-state index is 11.5. The fourth-order valence-electron chi connectivity index (χ4n) is 1.20. The van der Waals surface area contributed by atoms with Crippen molar-refractivity contribution in [1.29, 1.82) is 0 Å². The Morgan fingerprint density at radius 1 is 1.31 bits per heavy atom. The average Bonchev–Trinajstić information content (AvgIpc) is 2.23. The summed E-state index contributed by atoms with van der Waals surface area (Å²) >= 11 is 0. The topological polar surface area (TPSA) is 78.6 Å². The molecule has 5 nitrogen and oxygen atoms in total. The third kappa shape index (κ3) is 3.27. The van der Waals surface area contributed by atoms with Crippen LogP contribution >= 0.6 is 0 Å². The van der Waals surface area contributed by atoms with Crippen molar-refractivity contribution in [2.75, 3.05) is 19.5 Å². The number of benzene rings is 1. The van der Waals surface area contributed by atoms with E-state index < -0.39 is 18.5 Å². The molecule has 0 saturated heterocycles. The molecule has 0 heterocycles. The molecule has 1 aromatic carbocycles. The van der Waals surface area contributed by atoms with Gasteiger partial charge >= 0.3 is 11.9 Å². The number of aryl methyl sites for hydroxylation is 1. The van der Waals surface area contributed by atoms with Gasteiger partial charge in [-0.25, -0.2) is 9.59 Å². The van der Waals surface area contributed by atoms with Crippen LogP contribution in [0.1, 0.15) is 15.9 Å². The minimum atomic E-state index is -0.603. The van der Waals surface area contributed by atoms with Crippen molar-refractivity contribution in [2.45, 2.75) is 6.92 Å². The summed E-state index contributed by atoms with van der Waals surface area (Å²) in [4.78, 5) is 22.2. The first-order valence-electron chi connectivity index (χ1n) is 4.64. The molecule has 0 atom stereocenters. The number of rotatable bonds is 3. The van der Waals surface area contributed by atoms with Crippen LogP contribution < -0.4 is 5.73 Å². The molecule has 0 saturated carbocycles. The largest absolute Gasteiger partial charge is 0.466 e. The van der Waals surface area contributed by atoms with E-state index >= 15 is 0 Å². The summed E-state index contributed by atoms with van der Waals surface area (Å²) in [6, 6.07) is 4.86. The van der Waals surface area contributed by atoms with Crippen LogP contribution in [-0.2, 0) is 14.3 Å². The van der Waals surface area contributed by atoms with Crippen LogP contribution in [0.5, 0.6) is 0 Å². The molecule has 0 aliphatic carbocycles. The molecule has 1 aromatic rings. The quantitative estimate of drug-likeness (QED) is 0.608. The van der Waals surface area contributed by atoms with Crippen LogP contribution in [0.2, 0.25) is 0 Å². The van der Waals surface area contributed by atoms with Crippen LogP contribution in [0.15, 0.2) is 18.2 Å². The van der Waals surface area contributed by atoms with Gasteiger partial charge in [0.15, 0.2) is 6.61 Å². The summed E-state index contributed by atoms with van der Waals surface area (Å²) in [5.74, 6) is -1.20. The molecular formula is C11H13NO4. The maximum absolute atomic E-state index is 11.5. The number of ether oxygens (including phenoxy) is 2. The Labute approximate surface area is 93.1 Å². The molecule has 16 heavy (non-hydrogen) atoms. The van der Waals surface area contributed by atoms with E-state index in [1.807, 2.05) is 6.92 Å². The number of carbonyl (C=O) groups excluding carboxylic acids is 2. The second-order valence-corrected chi connectivity index (χ2v) is 3.28. The monoisotopic (exact) mass is 223 g/mol. The van der Waals surface area contributed by atoms with Crippen molar-refractivity contribution in [3.63, 3.8) is 0 Å². The van der Waals surface area contributed by atoms with Crippen LogP contribution in [0.4, 0.5) is 5.69 Å². The fourth-order valence-corrected chi connectivity index (χ4v) is 1.20. The third-order valence-corrected chi connectivity index (χ3v) is 1.88. The van der Waals surface area contributed by atoms with Crippen molar-refractivity contribution >= 4 is 17.6 Å². The molecule has 0 spiro atoms. The van der Waals surface area contributed by atoms with Gasteiger partial charge in [-0.1, -0.05) is 0 Å². The Morgan fingerprint density at radius 3 is 2.56 bits per heavy atom. The molecule has 0 aliphatic heterocycles. The molecule has 0 aliphatic rings. The van der Waals surface area contributed by atoms with Gasteiger partial charge in [-0.15, -0.1) is 0 Å². The average molecular weight is 223 g/mol. The molecule has 0 unspecified atom stereocenters. The second kappa shape index (κ2) is 5.16. The van der Waals surface area contributed by atoms with Gasteiger partial charge in [-0.05, 0) is 30.7 Å². The predicted octanol–water partition coefficient (Wildman–Crippen LogP) is 0.907. The van der Waals surface area contributed by atoms with Gasteiger partial charge in [0.25, 0.3) is 0 Å². The first kappa shape index (κ1) is 12.0. The minimum absolute atomic E-state index is 0.321. The van der Waals surface area contributed by atoms with Gasteiger partial charge in [0, 0.05) is 5.69 Å². The number of nitrogens with two attached hydrogens (primary N) is 1. The summed E-state index contributed by atoms with van der Waals surface area (Å²) in [5.41, 5.74) is 7.23. The van der Waals surface area contributed by atoms with Gasteiger partial charge in [0.05, 0.1) is 12.7 Å². The number of nitrogen functional groups attached to an aromatic ring is 1. The summed E-state index contributed by atoms with van der Waals surface area (Å²) < 4.78 is 9.06. The summed E-state index contributed by atoms with van der Waals surface area (Å²) in [6.07, 6.45) is 0. The highest BCUT2D eigenvalue weighted by atomic mass is 16.6. The molecule has 1 rings (SSSR count). The van der Waals surface area contributed by atoms with Crippen LogP contribution in [0.25, 0.3) is 0 Å². The van der Waals surface area contributed by atoms with Crippen molar-refractivity contribution in [1.82, 2.24) is 0 Å². The maximum Gasteiger partial charge on any atom is 0.344 e. The summed E-state index contributed by atoms with van der Waals surface area (Å²) in [5, 5.41) is 0. The number of hydrogen-bond donors (Lipinski definition) is 1. The fraction of sp³-hybridized carbons (Fsp3) is 0.273. The van der Waals surface area contributed by atoms with E-state index in [-0.39, 0.29) is 0 Å². The van der Waals surface area contributed by atoms with Gasteiger partial charge in [0.2, 0.25) is 0 Å². The van der Waals surface area contributed by atoms with Crippen LogP contribution in [-0.4, -0.2) is 25.7 Å². The van der Waals surface area contributed by atoms with Crippen molar-refractivity contribution in [3.05, 3.63) is 29.3 Å². The number of hydrogen-bond acceptors (Lipinski definition) is 5. The van der Waals surface area contributed by atoms with E-state index in [4.69, 9.17) is 10.5 Å². The Kier molecular flexibility index (Phi) is 3.88. The molecular weight excluding hydrogens is 210 g/mol. The van der Waals surface area contributed by atoms with E-state index in [1.54, 1.807) is 12.1 Å². The zero-order chi connectivity index (χ0) is 12.1. The number of anilines is 1. The van der Waals surface area contributed by atoms with Gasteiger partial charge in [0.1, 0.15) is 0 Å². The van der Waals surface area contributed by atoms with Crippen LogP contribution in [0, 0.1) is 6.92 Å². The van der Waals surface area contributed by atoms with Crippen molar-refractivity contribution in [2.24, 2.45) is 0 Å². The number of methoxy groups -OCH3 is 1. The minimum Gasteiger partial charge on any atom is -0.466 e. The lowest BCUT2D eigenvalue weighted by Gasteiger charge is -2.05. The molecule has 0 amide bonds. The zero-order valence-corrected chi connectivity index (χ0v) is 9.15. The lowest BCUT2D eigenvalue weighted by molar-refractivity contribution is -0.144. The highest BCUT2D eigenvalue weighted by Gasteiger charge is 2.10. The van der Waals surface area contributed by atoms with E-state index in [1.165, 1.54) is 13.2 Å². The zero-order valence-electron chi connectivity index (χ0n) is 9.15. The standard InChI is InChI=1S/C11H13NO4/c1-7-3-8(5-9(12)4-7)11(14)16-6-10(13)15-2/h3-5H,6,12H2,1-2H3. The summed E-state index contributed by atoms with van der Waals surface area (Å²) in [7, 11) is 1.22. The lowest BCUT2D eigenvalue weighted by atomic mass is 10.1. The number of esters is 2. The van der Waals surface area contributed by atoms with E-state index in [2.05, 4.69) is 4.74 Å². The lowest BCUT2D eigenvalue weighted by Crippen LogP contribution is -2.15. The highest BCUT2D eigenvalue weighted by Crippen LogP contribution is 2.12. The SMILES string of the molecule is COC(=O)COC(=O)c1cc(C)cc(N)c1. The summed E-state index contributed by atoms with van der Waals surface area (Å²) in [6.45, 7) is 1.41. The molecule has 2 N–H and O–H groups in total. The highest BCUT2D eigenvalue weighted by molar-refractivity contribution is 5.91. The normalized spacial score (nSPS) is 9.62. The number of carbonyl (C=O) groups is 2. The first-order chi connectivity index (χ1) is 7.52. The van der Waals surface area contributed by atoms with Gasteiger partial charge in [-0.3, -0.25) is 0 Å². The predicted molar refractivity (Wildman–Crippen MR) is 57.9 cm³/mol. The second-order valence-electron chi connectivity index (χ2n) is 3.28. The first-order valence-corrected chi connectivity index (χ1v) is 4.64. The van der Waals surface area contributed by atoms with E-state index in [9.17, 15) is 9.59 Å². The Morgan fingerprint density at radius 2 is 2.00 bits per heavy atom. The molecule has 86 valence electrons. The Bertz CT molecular complexity index is 394. The molecule has 0 aromatic heterocycles. The van der Waals surface area contributed by atoms with Crippen molar-refractivity contribution in [3.8, 4) is 0 Å².